The van der Waals surface area contributed by atoms with Crippen LogP contribution in [-0.4, -0.2) is 24.0 Å². The lowest BCUT2D eigenvalue weighted by Gasteiger charge is -2.33. The second-order valence-corrected chi connectivity index (χ2v) is 6.50. The molecule has 3 atom stereocenters. The first-order chi connectivity index (χ1) is 8.34. The molecule has 3 unspecified atom stereocenters. The third-order valence-corrected chi connectivity index (χ3v) is 5.47. The summed E-state index contributed by atoms with van der Waals surface area (Å²) in [5.41, 5.74) is 6.31. The maximum Gasteiger partial charge on any atom is 0.0519 e. The average Bonchev–Trinajstić information content (AvgIpc) is 2.98. The van der Waals surface area contributed by atoms with Gasteiger partial charge in [0.1, 0.15) is 0 Å². The first kappa shape index (κ1) is 11.7. The maximum absolute atomic E-state index is 6.31. The topological polar surface area (TPSA) is 29.3 Å². The van der Waals surface area contributed by atoms with E-state index in [-0.39, 0.29) is 6.04 Å². The molecule has 0 radical (unpaired) electrons. The maximum atomic E-state index is 6.31. The molecule has 0 aromatic carbocycles. The van der Waals surface area contributed by atoms with E-state index in [0.29, 0.717) is 0 Å². The first-order valence-electron chi connectivity index (χ1n) is 6.87. The zero-order chi connectivity index (χ0) is 11.7. The standard InChI is InChI=1S/C14H22N2S/c15-12(14-6-3-9-17-14)10-16-8-7-11-4-1-2-5-13(11)16/h3,6,9,11-13H,1-2,4-5,7-8,10,15H2. The summed E-state index contributed by atoms with van der Waals surface area (Å²) >= 11 is 1.79. The Hall–Kier alpha value is -0.380. The number of fused-ring (bicyclic) bond motifs is 1. The molecule has 3 heteroatoms. The second-order valence-electron chi connectivity index (χ2n) is 5.52. The summed E-state index contributed by atoms with van der Waals surface area (Å²) in [7, 11) is 0. The smallest absolute Gasteiger partial charge is 0.0519 e. The van der Waals surface area contributed by atoms with E-state index in [1.165, 1.54) is 43.5 Å². The van der Waals surface area contributed by atoms with E-state index >= 15 is 0 Å². The Kier molecular flexibility index (Phi) is 3.50. The second kappa shape index (κ2) is 5.09. The monoisotopic (exact) mass is 250 g/mol. The number of nitrogens with zero attached hydrogens (tertiary/aromatic N) is 1. The molecule has 1 saturated carbocycles. The van der Waals surface area contributed by atoms with Crippen LogP contribution in [0.1, 0.15) is 43.0 Å². The summed E-state index contributed by atoms with van der Waals surface area (Å²) in [6.07, 6.45) is 7.14. The van der Waals surface area contributed by atoms with E-state index in [2.05, 4.69) is 22.4 Å². The van der Waals surface area contributed by atoms with Crippen molar-refractivity contribution in [2.24, 2.45) is 11.7 Å². The van der Waals surface area contributed by atoms with Gasteiger partial charge in [-0.2, -0.15) is 0 Å². The Morgan fingerprint density at radius 3 is 3.06 bits per heavy atom. The number of hydrogen-bond acceptors (Lipinski definition) is 3. The van der Waals surface area contributed by atoms with Gasteiger partial charge in [0.25, 0.3) is 0 Å². The molecule has 1 aromatic rings. The van der Waals surface area contributed by atoms with Gasteiger partial charge < -0.3 is 5.73 Å². The number of nitrogens with two attached hydrogens (primary N) is 1. The fourth-order valence-electron chi connectivity index (χ4n) is 3.57. The molecule has 1 aliphatic heterocycles. The third-order valence-electron chi connectivity index (χ3n) is 4.46. The van der Waals surface area contributed by atoms with Gasteiger partial charge in [-0.05, 0) is 43.2 Å². The largest absolute Gasteiger partial charge is 0.322 e. The van der Waals surface area contributed by atoms with Gasteiger partial charge in [-0.15, -0.1) is 11.3 Å². The van der Waals surface area contributed by atoms with Gasteiger partial charge in [-0.1, -0.05) is 18.9 Å². The number of likely N-dealkylation sites (tertiary alicyclic amines) is 1. The van der Waals surface area contributed by atoms with Crippen LogP contribution < -0.4 is 5.73 Å². The van der Waals surface area contributed by atoms with E-state index in [1.54, 1.807) is 11.3 Å². The summed E-state index contributed by atoms with van der Waals surface area (Å²) in [5.74, 6) is 0.972. The Labute approximate surface area is 108 Å². The molecule has 0 bridgehead atoms. The van der Waals surface area contributed by atoms with Crippen molar-refractivity contribution in [2.75, 3.05) is 13.1 Å². The highest BCUT2D eigenvalue weighted by Crippen LogP contribution is 2.36. The lowest BCUT2D eigenvalue weighted by atomic mass is 9.85. The van der Waals surface area contributed by atoms with Crippen LogP contribution in [0.25, 0.3) is 0 Å². The van der Waals surface area contributed by atoms with Crippen molar-refractivity contribution in [3.8, 4) is 0 Å². The Balaban J connectivity index is 1.62. The van der Waals surface area contributed by atoms with Gasteiger partial charge in [-0.25, -0.2) is 0 Å². The van der Waals surface area contributed by atoms with Crippen molar-refractivity contribution < 1.29 is 0 Å². The summed E-state index contributed by atoms with van der Waals surface area (Å²) in [6.45, 7) is 2.33. The van der Waals surface area contributed by atoms with Crippen molar-refractivity contribution in [3.05, 3.63) is 22.4 Å². The van der Waals surface area contributed by atoms with Gasteiger partial charge >= 0.3 is 0 Å². The van der Waals surface area contributed by atoms with Gasteiger partial charge in [0.2, 0.25) is 0 Å². The van der Waals surface area contributed by atoms with Crippen molar-refractivity contribution in [2.45, 2.75) is 44.2 Å². The molecule has 17 heavy (non-hydrogen) atoms. The van der Waals surface area contributed by atoms with E-state index < -0.39 is 0 Å². The van der Waals surface area contributed by atoms with Crippen LogP contribution in [0.5, 0.6) is 0 Å². The van der Waals surface area contributed by atoms with E-state index in [1.807, 2.05) is 0 Å². The normalized spacial score (nSPS) is 31.4. The molecule has 94 valence electrons. The van der Waals surface area contributed by atoms with Gasteiger partial charge in [0.05, 0.1) is 6.04 Å². The predicted octanol–water partition coefficient (Wildman–Crippen LogP) is 3.01. The van der Waals surface area contributed by atoms with E-state index in [4.69, 9.17) is 5.73 Å². The minimum absolute atomic E-state index is 0.218. The molecule has 1 aromatic heterocycles. The Bertz CT molecular complexity index is 349. The van der Waals surface area contributed by atoms with Crippen molar-refractivity contribution >= 4 is 11.3 Å². The zero-order valence-electron chi connectivity index (χ0n) is 10.3. The molecule has 1 aliphatic carbocycles. The van der Waals surface area contributed by atoms with Gasteiger partial charge in [0, 0.05) is 17.5 Å². The molecule has 2 nitrogen and oxygen atoms in total. The highest BCUT2D eigenvalue weighted by Gasteiger charge is 2.36. The van der Waals surface area contributed by atoms with E-state index in [9.17, 15) is 0 Å². The molecule has 3 rings (SSSR count). The van der Waals surface area contributed by atoms with E-state index in [0.717, 1.165) is 18.5 Å². The average molecular weight is 250 g/mol. The zero-order valence-corrected chi connectivity index (χ0v) is 11.2. The van der Waals surface area contributed by atoms with Crippen molar-refractivity contribution in [1.29, 1.82) is 0 Å². The number of rotatable bonds is 3. The van der Waals surface area contributed by atoms with Crippen LogP contribution in [0.2, 0.25) is 0 Å². The minimum atomic E-state index is 0.218. The highest BCUT2D eigenvalue weighted by molar-refractivity contribution is 7.10. The molecule has 2 fully saturated rings. The Morgan fingerprint density at radius 1 is 1.35 bits per heavy atom. The molecular formula is C14H22N2S. The molecule has 0 amide bonds. The summed E-state index contributed by atoms with van der Waals surface area (Å²) in [5, 5.41) is 2.13. The van der Waals surface area contributed by atoms with Crippen LogP contribution >= 0.6 is 11.3 Å². The number of hydrogen-bond donors (Lipinski definition) is 1. The van der Waals surface area contributed by atoms with Crippen LogP contribution in [0.3, 0.4) is 0 Å². The first-order valence-corrected chi connectivity index (χ1v) is 7.75. The van der Waals surface area contributed by atoms with Gasteiger partial charge in [-0.3, -0.25) is 4.90 Å². The van der Waals surface area contributed by atoms with Crippen LogP contribution in [0.4, 0.5) is 0 Å². The summed E-state index contributed by atoms with van der Waals surface area (Å²) in [4.78, 5) is 4.00. The SMILES string of the molecule is NC(CN1CCC2CCCCC21)c1cccs1. The number of thiophene rings is 1. The lowest BCUT2D eigenvalue weighted by Crippen LogP contribution is -2.39. The summed E-state index contributed by atoms with van der Waals surface area (Å²) < 4.78 is 0. The quantitative estimate of drug-likeness (QED) is 0.893. The minimum Gasteiger partial charge on any atom is -0.322 e. The fourth-order valence-corrected chi connectivity index (χ4v) is 4.30. The molecule has 2 aliphatic rings. The molecule has 2 heterocycles. The predicted molar refractivity (Wildman–Crippen MR) is 73.2 cm³/mol. The third kappa shape index (κ3) is 2.42. The Morgan fingerprint density at radius 2 is 2.24 bits per heavy atom. The lowest BCUT2D eigenvalue weighted by molar-refractivity contribution is 0.175. The van der Waals surface area contributed by atoms with Crippen molar-refractivity contribution in [3.63, 3.8) is 0 Å². The van der Waals surface area contributed by atoms with Crippen LogP contribution in [0, 0.1) is 5.92 Å². The molecule has 2 N–H and O–H groups in total. The molecule has 1 saturated heterocycles. The van der Waals surface area contributed by atoms with Gasteiger partial charge in [0.15, 0.2) is 0 Å². The fraction of sp³-hybridized carbons (Fsp3) is 0.714. The summed E-state index contributed by atoms with van der Waals surface area (Å²) in [6, 6.07) is 5.34. The van der Waals surface area contributed by atoms with Crippen molar-refractivity contribution in [1.82, 2.24) is 4.90 Å². The molecule has 0 spiro atoms. The highest BCUT2D eigenvalue weighted by atomic mass is 32.1. The van der Waals surface area contributed by atoms with Crippen LogP contribution in [0.15, 0.2) is 17.5 Å². The molecular weight excluding hydrogens is 228 g/mol. The van der Waals surface area contributed by atoms with Crippen LogP contribution in [-0.2, 0) is 0 Å².